The largest absolute Gasteiger partial charge is 0.481 e. The highest BCUT2D eigenvalue weighted by atomic mass is 79.9. The molecule has 1 aliphatic rings. The van der Waals surface area contributed by atoms with E-state index in [-0.39, 0.29) is 6.42 Å². The van der Waals surface area contributed by atoms with Crippen molar-refractivity contribution >= 4 is 59.6 Å². The van der Waals surface area contributed by atoms with Crippen LogP contribution in [0.4, 0.5) is 0 Å². The van der Waals surface area contributed by atoms with E-state index in [1.807, 2.05) is 0 Å². The third-order valence-electron chi connectivity index (χ3n) is 6.23. The van der Waals surface area contributed by atoms with Crippen molar-refractivity contribution in [3.63, 3.8) is 0 Å². The number of aromatic nitrogens is 1. The number of carbonyl (C=O) groups is 1. The minimum absolute atomic E-state index is 0.253. The van der Waals surface area contributed by atoms with Crippen molar-refractivity contribution < 1.29 is 15.0 Å². The minimum atomic E-state index is -0.715. The van der Waals surface area contributed by atoms with E-state index in [0.29, 0.717) is 13.1 Å². The first kappa shape index (κ1) is 23.7. The number of nitrogens with zero attached hydrogens (tertiary/aromatic N) is 3. The van der Waals surface area contributed by atoms with Crippen molar-refractivity contribution in [2.75, 3.05) is 39.3 Å². The van der Waals surface area contributed by atoms with Gasteiger partial charge in [-0.15, -0.1) is 0 Å². The van der Waals surface area contributed by atoms with Crippen LogP contribution < -0.4 is 0 Å². The van der Waals surface area contributed by atoms with Crippen LogP contribution >= 0.6 is 31.9 Å². The number of hydrogen-bond acceptors (Lipinski definition) is 4. The zero-order valence-corrected chi connectivity index (χ0v) is 21.2. The van der Waals surface area contributed by atoms with Gasteiger partial charge in [-0.2, -0.15) is 0 Å². The summed E-state index contributed by atoms with van der Waals surface area (Å²) in [5.74, 6) is -0.715. The van der Waals surface area contributed by atoms with Crippen molar-refractivity contribution in [1.82, 2.24) is 14.4 Å². The third-order valence-corrected chi connectivity index (χ3v) is 7.22. The molecular weight excluding hydrogens is 538 g/mol. The summed E-state index contributed by atoms with van der Waals surface area (Å²) >= 11 is 7.17. The summed E-state index contributed by atoms with van der Waals surface area (Å²) < 4.78 is 4.32. The molecule has 2 N–H and O–H groups in total. The van der Waals surface area contributed by atoms with Crippen molar-refractivity contribution in [3.05, 3.63) is 45.3 Å². The molecule has 0 spiro atoms. The molecule has 2 aromatic carbocycles. The number of rotatable bonds is 9. The summed E-state index contributed by atoms with van der Waals surface area (Å²) in [7, 11) is 0. The molecule has 1 aromatic heterocycles. The number of benzene rings is 2. The Morgan fingerprint density at radius 3 is 2.00 bits per heavy atom. The van der Waals surface area contributed by atoms with Crippen LogP contribution in [0.25, 0.3) is 21.8 Å². The third kappa shape index (κ3) is 5.72. The number of piperazine rings is 1. The number of unbranched alkanes of at least 4 members (excludes halogenated alkanes) is 1. The second-order valence-electron chi connectivity index (χ2n) is 8.58. The predicted octanol–water partition coefficient (Wildman–Crippen LogP) is 4.55. The fraction of sp³-hybridized carbons (Fsp3) is 0.458. The van der Waals surface area contributed by atoms with Crippen LogP contribution in [0.2, 0.25) is 0 Å². The maximum atomic E-state index is 10.9. The highest BCUT2D eigenvalue weighted by Gasteiger charge is 2.21. The van der Waals surface area contributed by atoms with E-state index in [4.69, 9.17) is 5.11 Å². The van der Waals surface area contributed by atoms with Gasteiger partial charge in [0, 0.05) is 69.9 Å². The second kappa shape index (κ2) is 10.7. The number of aliphatic hydroxyl groups is 1. The summed E-state index contributed by atoms with van der Waals surface area (Å²) in [4.78, 5) is 15.4. The van der Waals surface area contributed by atoms with Gasteiger partial charge in [0.05, 0.1) is 12.6 Å². The van der Waals surface area contributed by atoms with Gasteiger partial charge in [0.2, 0.25) is 0 Å². The number of aliphatic hydroxyl groups excluding tert-OH is 1. The van der Waals surface area contributed by atoms with E-state index in [1.54, 1.807) is 0 Å². The van der Waals surface area contributed by atoms with Gasteiger partial charge < -0.3 is 19.7 Å². The summed E-state index contributed by atoms with van der Waals surface area (Å²) in [6, 6.07) is 12.6. The van der Waals surface area contributed by atoms with Crippen LogP contribution in [0.5, 0.6) is 0 Å². The van der Waals surface area contributed by atoms with E-state index in [9.17, 15) is 9.90 Å². The van der Waals surface area contributed by atoms with Gasteiger partial charge in [0.25, 0.3) is 0 Å². The molecule has 3 aromatic rings. The van der Waals surface area contributed by atoms with Crippen LogP contribution in [0.3, 0.4) is 0 Å². The predicted molar refractivity (Wildman–Crippen MR) is 135 cm³/mol. The monoisotopic (exact) mass is 565 g/mol. The van der Waals surface area contributed by atoms with Gasteiger partial charge in [-0.3, -0.25) is 9.69 Å². The molecule has 2 heterocycles. The summed E-state index contributed by atoms with van der Waals surface area (Å²) in [6.07, 6.45) is 1.46. The molecule has 1 aliphatic heterocycles. The van der Waals surface area contributed by atoms with E-state index in [0.717, 1.165) is 65.5 Å². The molecule has 0 unspecified atom stereocenters. The molecule has 0 saturated carbocycles. The minimum Gasteiger partial charge on any atom is -0.481 e. The summed E-state index contributed by atoms with van der Waals surface area (Å²) in [5, 5.41) is 22.1. The first-order chi connectivity index (χ1) is 15.4. The van der Waals surface area contributed by atoms with Gasteiger partial charge in [0.15, 0.2) is 0 Å². The average Bonchev–Trinajstić information content (AvgIpc) is 3.04. The Balaban J connectivity index is 1.37. The van der Waals surface area contributed by atoms with Crippen molar-refractivity contribution in [3.8, 4) is 0 Å². The molecule has 32 heavy (non-hydrogen) atoms. The Morgan fingerprint density at radius 1 is 0.875 bits per heavy atom. The molecule has 0 radical (unpaired) electrons. The number of aliphatic carboxylic acids is 1. The highest BCUT2D eigenvalue weighted by Crippen LogP contribution is 2.33. The zero-order chi connectivity index (χ0) is 22.7. The topological polar surface area (TPSA) is 68.9 Å². The van der Waals surface area contributed by atoms with Crippen LogP contribution in [-0.4, -0.2) is 75.9 Å². The average molecular weight is 567 g/mol. The second-order valence-corrected chi connectivity index (χ2v) is 10.4. The molecule has 172 valence electrons. The normalized spacial score (nSPS) is 16.7. The fourth-order valence-corrected chi connectivity index (χ4v) is 5.34. The molecule has 4 rings (SSSR count). The maximum absolute atomic E-state index is 10.9. The molecule has 1 saturated heterocycles. The van der Waals surface area contributed by atoms with Gasteiger partial charge in [-0.1, -0.05) is 31.9 Å². The number of β-amino-alcohol motifs (C(OH)–C–C–N with tert-alkyl or cyclic N) is 1. The van der Waals surface area contributed by atoms with E-state index in [2.05, 4.69) is 82.6 Å². The van der Waals surface area contributed by atoms with E-state index in [1.165, 1.54) is 10.8 Å². The Kier molecular flexibility index (Phi) is 7.89. The van der Waals surface area contributed by atoms with Crippen molar-refractivity contribution in [1.29, 1.82) is 0 Å². The Morgan fingerprint density at radius 2 is 1.44 bits per heavy atom. The van der Waals surface area contributed by atoms with Crippen LogP contribution in [-0.2, 0) is 11.3 Å². The smallest absolute Gasteiger partial charge is 0.303 e. The molecule has 1 atom stereocenters. The summed E-state index contributed by atoms with van der Waals surface area (Å²) in [6.45, 7) is 5.97. The fourth-order valence-electron chi connectivity index (χ4n) is 4.62. The molecule has 0 aliphatic carbocycles. The first-order valence-corrected chi connectivity index (χ1v) is 12.7. The Hall–Kier alpha value is -1.45. The SMILES string of the molecule is O=C(O)CCCCN1CCN(C[C@@H](O)Cn2c3ccc(Br)cc3c3cc(Br)ccc32)CC1. The van der Waals surface area contributed by atoms with Gasteiger partial charge in [-0.25, -0.2) is 0 Å². The van der Waals surface area contributed by atoms with Gasteiger partial charge >= 0.3 is 5.97 Å². The van der Waals surface area contributed by atoms with Crippen molar-refractivity contribution in [2.24, 2.45) is 0 Å². The summed E-state index contributed by atoms with van der Waals surface area (Å²) in [5.41, 5.74) is 2.26. The maximum Gasteiger partial charge on any atom is 0.303 e. The first-order valence-electron chi connectivity index (χ1n) is 11.1. The molecule has 0 bridgehead atoms. The zero-order valence-electron chi connectivity index (χ0n) is 18.0. The van der Waals surface area contributed by atoms with Crippen molar-refractivity contribution in [2.45, 2.75) is 31.9 Å². The molecule has 6 nitrogen and oxygen atoms in total. The Bertz CT molecular complexity index is 1030. The standard InChI is InChI=1S/C24H29Br2N3O3/c25-17-4-6-22-20(13-17)21-14-18(26)5-7-23(21)29(22)16-19(30)15-28-11-9-27(10-12-28)8-2-1-3-24(31)32/h4-7,13-14,19,30H,1-3,8-12,15-16H2,(H,31,32)/t19-/m1/s1. The number of carboxylic acids is 1. The molecular formula is C24H29Br2N3O3. The molecule has 1 fully saturated rings. The lowest BCUT2D eigenvalue weighted by Crippen LogP contribution is -2.49. The Labute approximate surface area is 205 Å². The van der Waals surface area contributed by atoms with Gasteiger partial charge in [-0.05, 0) is 55.8 Å². The number of carboxylic acid groups (broad SMARTS) is 1. The quantitative estimate of drug-likeness (QED) is 0.372. The van der Waals surface area contributed by atoms with Crippen LogP contribution in [0.15, 0.2) is 45.3 Å². The number of fused-ring (bicyclic) bond motifs is 3. The van der Waals surface area contributed by atoms with E-state index < -0.39 is 12.1 Å². The highest BCUT2D eigenvalue weighted by molar-refractivity contribution is 9.10. The van der Waals surface area contributed by atoms with E-state index >= 15 is 0 Å². The van der Waals surface area contributed by atoms with Crippen LogP contribution in [0.1, 0.15) is 19.3 Å². The lowest BCUT2D eigenvalue weighted by molar-refractivity contribution is -0.137. The molecule has 8 heteroatoms. The van der Waals surface area contributed by atoms with Crippen LogP contribution in [0, 0.1) is 0 Å². The van der Waals surface area contributed by atoms with Gasteiger partial charge in [0.1, 0.15) is 0 Å². The number of halogens is 2. The number of hydrogen-bond donors (Lipinski definition) is 2. The lowest BCUT2D eigenvalue weighted by Gasteiger charge is -2.35. The lowest BCUT2D eigenvalue weighted by atomic mass is 10.2. The molecule has 0 amide bonds.